The fourth-order valence-electron chi connectivity index (χ4n) is 2.22. The van der Waals surface area contributed by atoms with Gasteiger partial charge in [0.2, 0.25) is 10.0 Å². The van der Waals surface area contributed by atoms with E-state index in [4.69, 9.17) is 10.00 Å². The third-order valence-corrected chi connectivity index (χ3v) is 5.58. The molecule has 0 atom stereocenters. The molecule has 0 unspecified atom stereocenters. The standard InChI is InChI=1S/C19H19N3O5S/c1-14-7-9-16(10-8-14)28(25,26)22(2)12-19(24)27-13-18(23)21-17-6-4-3-5-15(17)11-20/h3-10H,12-13H2,1-2H3,(H,21,23). The summed E-state index contributed by atoms with van der Waals surface area (Å²) < 4.78 is 30.6. The van der Waals surface area contributed by atoms with Crippen molar-refractivity contribution < 1.29 is 22.7 Å². The predicted octanol–water partition coefficient (Wildman–Crippen LogP) is 1.67. The van der Waals surface area contributed by atoms with Gasteiger partial charge in [-0.3, -0.25) is 9.59 Å². The van der Waals surface area contributed by atoms with Crippen molar-refractivity contribution in [2.75, 3.05) is 25.5 Å². The Bertz CT molecular complexity index is 1010. The lowest BCUT2D eigenvalue weighted by Gasteiger charge is -2.16. The summed E-state index contributed by atoms with van der Waals surface area (Å²) in [6, 6.07) is 14.5. The van der Waals surface area contributed by atoms with E-state index in [-0.39, 0.29) is 10.5 Å². The van der Waals surface area contributed by atoms with Crippen molar-refractivity contribution in [1.29, 1.82) is 5.26 Å². The number of anilines is 1. The average Bonchev–Trinajstić information content (AvgIpc) is 2.67. The van der Waals surface area contributed by atoms with Crippen LogP contribution < -0.4 is 5.32 Å². The van der Waals surface area contributed by atoms with Crippen molar-refractivity contribution in [3.8, 4) is 6.07 Å². The highest BCUT2D eigenvalue weighted by Gasteiger charge is 2.23. The van der Waals surface area contributed by atoms with E-state index in [0.717, 1.165) is 9.87 Å². The molecule has 2 rings (SSSR count). The summed E-state index contributed by atoms with van der Waals surface area (Å²) in [5, 5.41) is 11.4. The molecular weight excluding hydrogens is 382 g/mol. The molecule has 0 radical (unpaired) electrons. The normalized spacial score (nSPS) is 10.9. The third kappa shape index (κ3) is 5.39. The highest BCUT2D eigenvalue weighted by molar-refractivity contribution is 7.89. The summed E-state index contributed by atoms with van der Waals surface area (Å²) in [7, 11) is -2.60. The number of rotatable bonds is 7. The number of amides is 1. The van der Waals surface area contributed by atoms with Crippen LogP contribution in [0.2, 0.25) is 0 Å². The van der Waals surface area contributed by atoms with E-state index in [0.29, 0.717) is 5.69 Å². The summed E-state index contributed by atoms with van der Waals surface area (Å²) in [4.78, 5) is 23.9. The molecule has 9 heteroatoms. The van der Waals surface area contributed by atoms with Gasteiger partial charge < -0.3 is 10.1 Å². The van der Waals surface area contributed by atoms with Gasteiger partial charge in [0.25, 0.3) is 5.91 Å². The van der Waals surface area contributed by atoms with E-state index in [1.54, 1.807) is 30.3 Å². The number of carbonyl (C=O) groups is 2. The summed E-state index contributed by atoms with van der Waals surface area (Å²) in [5.41, 5.74) is 1.47. The largest absolute Gasteiger partial charge is 0.455 e. The monoisotopic (exact) mass is 401 g/mol. The number of esters is 1. The van der Waals surface area contributed by atoms with Crippen LogP contribution in [0.15, 0.2) is 53.4 Å². The molecule has 0 heterocycles. The minimum absolute atomic E-state index is 0.0549. The van der Waals surface area contributed by atoms with Gasteiger partial charge in [0.05, 0.1) is 16.1 Å². The van der Waals surface area contributed by atoms with Crippen LogP contribution in [-0.2, 0) is 24.3 Å². The van der Waals surface area contributed by atoms with Crippen molar-refractivity contribution in [3.63, 3.8) is 0 Å². The first kappa shape index (κ1) is 21.1. The van der Waals surface area contributed by atoms with Crippen LogP contribution in [0.1, 0.15) is 11.1 Å². The first-order valence-electron chi connectivity index (χ1n) is 8.21. The highest BCUT2D eigenvalue weighted by atomic mass is 32.2. The minimum Gasteiger partial charge on any atom is -0.455 e. The Hall–Kier alpha value is -3.22. The zero-order chi connectivity index (χ0) is 20.7. The Kier molecular flexibility index (Phi) is 6.87. The number of hydrogen-bond donors (Lipinski definition) is 1. The van der Waals surface area contributed by atoms with Crippen LogP contribution in [-0.4, -0.2) is 44.8 Å². The molecule has 0 saturated heterocycles. The second kappa shape index (κ2) is 9.12. The lowest BCUT2D eigenvalue weighted by atomic mass is 10.2. The molecule has 0 aliphatic rings. The van der Waals surface area contributed by atoms with E-state index in [9.17, 15) is 18.0 Å². The highest BCUT2D eigenvalue weighted by Crippen LogP contribution is 2.15. The number of sulfonamides is 1. The maximum absolute atomic E-state index is 12.4. The topological polar surface area (TPSA) is 117 Å². The Labute approximate surface area is 163 Å². The van der Waals surface area contributed by atoms with Crippen molar-refractivity contribution in [3.05, 3.63) is 59.7 Å². The van der Waals surface area contributed by atoms with Gasteiger partial charge in [-0.15, -0.1) is 0 Å². The van der Waals surface area contributed by atoms with Gasteiger partial charge in [0, 0.05) is 7.05 Å². The van der Waals surface area contributed by atoms with Crippen LogP contribution in [0, 0.1) is 18.3 Å². The SMILES string of the molecule is Cc1ccc(S(=O)(=O)N(C)CC(=O)OCC(=O)Nc2ccccc2C#N)cc1. The number of ether oxygens (including phenoxy) is 1. The zero-order valence-corrected chi connectivity index (χ0v) is 16.2. The summed E-state index contributed by atoms with van der Waals surface area (Å²) in [5.74, 6) is -1.51. The summed E-state index contributed by atoms with van der Waals surface area (Å²) >= 11 is 0. The van der Waals surface area contributed by atoms with Crippen LogP contribution in [0.4, 0.5) is 5.69 Å². The Morgan fingerprint density at radius 1 is 1.14 bits per heavy atom. The smallest absolute Gasteiger partial charge is 0.321 e. The maximum Gasteiger partial charge on any atom is 0.321 e. The Balaban J connectivity index is 1.90. The molecule has 28 heavy (non-hydrogen) atoms. The number of nitrogens with zero attached hydrogens (tertiary/aromatic N) is 2. The quantitative estimate of drug-likeness (QED) is 0.706. The predicted molar refractivity (Wildman–Crippen MR) is 102 cm³/mol. The van der Waals surface area contributed by atoms with Gasteiger partial charge in [-0.2, -0.15) is 9.57 Å². The van der Waals surface area contributed by atoms with Crippen molar-refractivity contribution >= 4 is 27.6 Å². The molecule has 2 aromatic rings. The molecule has 0 fully saturated rings. The van der Waals surface area contributed by atoms with Gasteiger partial charge >= 0.3 is 5.97 Å². The third-order valence-electron chi connectivity index (χ3n) is 3.77. The molecule has 0 saturated carbocycles. The van der Waals surface area contributed by atoms with Crippen LogP contribution in [0.5, 0.6) is 0 Å². The van der Waals surface area contributed by atoms with Gasteiger partial charge in [0.1, 0.15) is 12.6 Å². The second-order valence-corrected chi connectivity index (χ2v) is 7.99. The van der Waals surface area contributed by atoms with Gasteiger partial charge in [-0.1, -0.05) is 29.8 Å². The Morgan fingerprint density at radius 3 is 2.43 bits per heavy atom. The first-order valence-corrected chi connectivity index (χ1v) is 9.65. The molecule has 0 aliphatic carbocycles. The van der Waals surface area contributed by atoms with Gasteiger partial charge in [-0.25, -0.2) is 8.42 Å². The molecule has 0 aliphatic heterocycles. The fourth-order valence-corrected chi connectivity index (χ4v) is 3.34. The number of likely N-dealkylation sites (N-methyl/N-ethyl adjacent to an activating group) is 1. The number of para-hydroxylation sites is 1. The molecule has 0 bridgehead atoms. The second-order valence-electron chi connectivity index (χ2n) is 5.94. The zero-order valence-electron chi connectivity index (χ0n) is 15.4. The molecular formula is C19H19N3O5S. The number of hydrogen-bond acceptors (Lipinski definition) is 6. The number of nitrogens with one attached hydrogen (secondary N) is 1. The van der Waals surface area contributed by atoms with E-state index in [1.807, 2.05) is 13.0 Å². The molecule has 146 valence electrons. The van der Waals surface area contributed by atoms with E-state index >= 15 is 0 Å². The average molecular weight is 401 g/mol. The molecule has 0 spiro atoms. The molecule has 8 nitrogen and oxygen atoms in total. The fraction of sp³-hybridized carbons (Fsp3) is 0.211. The van der Waals surface area contributed by atoms with Crippen LogP contribution in [0.25, 0.3) is 0 Å². The number of aryl methyl sites for hydroxylation is 1. The van der Waals surface area contributed by atoms with E-state index in [2.05, 4.69) is 5.32 Å². The van der Waals surface area contributed by atoms with Crippen molar-refractivity contribution in [2.45, 2.75) is 11.8 Å². The molecule has 0 aromatic heterocycles. The number of benzene rings is 2. The van der Waals surface area contributed by atoms with Crippen molar-refractivity contribution in [1.82, 2.24) is 4.31 Å². The molecule has 1 amide bonds. The van der Waals surface area contributed by atoms with E-state index in [1.165, 1.54) is 25.2 Å². The maximum atomic E-state index is 12.4. The van der Waals surface area contributed by atoms with Crippen LogP contribution >= 0.6 is 0 Å². The molecule has 1 N–H and O–H groups in total. The van der Waals surface area contributed by atoms with Crippen molar-refractivity contribution in [2.24, 2.45) is 0 Å². The lowest BCUT2D eigenvalue weighted by molar-refractivity contribution is -0.147. The lowest BCUT2D eigenvalue weighted by Crippen LogP contribution is -2.34. The van der Waals surface area contributed by atoms with Gasteiger partial charge in [0.15, 0.2) is 6.61 Å². The first-order chi connectivity index (χ1) is 13.2. The minimum atomic E-state index is -3.85. The number of carbonyl (C=O) groups excluding carboxylic acids is 2. The van der Waals surface area contributed by atoms with Crippen LogP contribution in [0.3, 0.4) is 0 Å². The Morgan fingerprint density at radius 2 is 1.79 bits per heavy atom. The summed E-state index contributed by atoms with van der Waals surface area (Å²) in [6.45, 7) is 0.687. The van der Waals surface area contributed by atoms with E-state index < -0.39 is 35.1 Å². The molecule has 2 aromatic carbocycles. The number of nitriles is 1. The summed E-state index contributed by atoms with van der Waals surface area (Å²) in [6.07, 6.45) is 0. The van der Waals surface area contributed by atoms with Gasteiger partial charge in [-0.05, 0) is 31.2 Å².